The maximum atomic E-state index is 11.3. The Labute approximate surface area is 144 Å². The van der Waals surface area contributed by atoms with Gasteiger partial charge in [-0.2, -0.15) is 0 Å². The predicted molar refractivity (Wildman–Crippen MR) is 99.0 cm³/mol. The summed E-state index contributed by atoms with van der Waals surface area (Å²) in [7, 11) is -3.94. The number of anilines is 1. The largest absolute Gasteiger partial charge is 0.383 e. The van der Waals surface area contributed by atoms with Crippen molar-refractivity contribution in [2.24, 2.45) is 15.4 Å². The molecule has 24 heavy (non-hydrogen) atoms. The molecule has 2 aromatic rings. The third kappa shape index (κ3) is 3.85. The van der Waals surface area contributed by atoms with E-state index in [1.807, 2.05) is 24.3 Å². The first-order chi connectivity index (χ1) is 11.2. The molecule has 0 aliphatic heterocycles. The van der Waals surface area contributed by atoms with E-state index >= 15 is 0 Å². The number of rotatable bonds is 4. The lowest BCUT2D eigenvalue weighted by Gasteiger charge is -2.09. The van der Waals surface area contributed by atoms with Crippen LogP contribution in [0.2, 0.25) is 0 Å². The van der Waals surface area contributed by atoms with Crippen LogP contribution in [0.1, 0.15) is 6.92 Å². The molecule has 0 bridgehead atoms. The Hall–Kier alpha value is -2.56. The number of sulfonamides is 1. The lowest BCUT2D eigenvalue weighted by molar-refractivity contribution is 0.604. The molecule has 0 fully saturated rings. The molecule has 0 unspecified atom stereocenters. The minimum Gasteiger partial charge on any atom is -0.383 e. The number of nitrogen functional groups attached to an aromatic ring is 1. The number of hydrogen-bond donors (Lipinski definition) is 4. The number of thiocarbonyl (C=S) groups is 1. The molecule has 0 aliphatic carbocycles. The molecule has 6 N–H and O–H groups in total. The van der Waals surface area contributed by atoms with Gasteiger partial charge in [0.2, 0.25) is 15.1 Å². The first-order valence-electron chi connectivity index (χ1n) is 6.71. The normalized spacial score (nSPS) is 12.7. The van der Waals surface area contributed by atoms with E-state index in [9.17, 15) is 8.42 Å². The van der Waals surface area contributed by atoms with Crippen molar-refractivity contribution in [3.8, 4) is 0 Å². The minimum atomic E-state index is -3.94. The molecule has 0 amide bonds. The van der Waals surface area contributed by atoms with Crippen molar-refractivity contribution in [3.05, 3.63) is 47.5 Å². The minimum absolute atomic E-state index is 0.0578. The number of aromatic nitrogens is 1. The molecule has 2 rings (SSSR count). The Kier molecular flexibility index (Phi) is 5.12. The summed E-state index contributed by atoms with van der Waals surface area (Å²) in [6.45, 7) is 5.02. The van der Waals surface area contributed by atoms with Gasteiger partial charge < -0.3 is 16.0 Å². The predicted octanol–water partition coefficient (Wildman–Crippen LogP) is 2.41. The van der Waals surface area contributed by atoms with Crippen molar-refractivity contribution in [2.45, 2.75) is 6.92 Å². The number of nitrogens with one attached hydrogen (secondary N) is 2. The quantitative estimate of drug-likeness (QED) is 0.375. The van der Waals surface area contributed by atoms with Gasteiger partial charge in [0, 0.05) is 10.9 Å². The van der Waals surface area contributed by atoms with Gasteiger partial charge >= 0.3 is 0 Å². The fourth-order valence-corrected chi connectivity index (χ4v) is 2.57. The van der Waals surface area contributed by atoms with Gasteiger partial charge in [0.25, 0.3) is 0 Å². The standard InChI is InChI=1S/C14H16N6O2S2/c1-3-10(8(2)24(16,21)22)18-14(23)20-19-12-9-6-4-5-7-11(9)17-13(12)15/h3-7,17H,2,15H2,1H3,(H,18,23)(H2,16,21,22)/b10-3+,20-19?. The van der Waals surface area contributed by atoms with Gasteiger partial charge in [0.1, 0.15) is 11.5 Å². The molecule has 10 heteroatoms. The monoisotopic (exact) mass is 364 g/mol. The second kappa shape index (κ2) is 6.91. The Balaban J connectivity index is 2.21. The highest BCUT2D eigenvalue weighted by Crippen LogP contribution is 2.32. The van der Waals surface area contributed by atoms with Crippen molar-refractivity contribution in [3.63, 3.8) is 0 Å². The number of azo groups is 1. The van der Waals surface area contributed by atoms with Gasteiger partial charge in [-0.1, -0.05) is 30.9 Å². The first kappa shape index (κ1) is 17.8. The topological polar surface area (TPSA) is 139 Å². The molecule has 0 aliphatic rings. The summed E-state index contributed by atoms with van der Waals surface area (Å²) < 4.78 is 22.7. The fraction of sp³-hybridized carbons (Fsp3) is 0.0714. The van der Waals surface area contributed by atoms with Crippen molar-refractivity contribution in [1.29, 1.82) is 0 Å². The zero-order valence-corrected chi connectivity index (χ0v) is 14.4. The summed E-state index contributed by atoms with van der Waals surface area (Å²) in [6.07, 6.45) is 1.47. The molecule has 1 aromatic carbocycles. The molecular formula is C14H16N6O2S2. The average Bonchev–Trinajstić information content (AvgIpc) is 2.84. The van der Waals surface area contributed by atoms with Crippen LogP contribution >= 0.6 is 12.2 Å². The summed E-state index contributed by atoms with van der Waals surface area (Å²) in [5.74, 6) is 0.350. The SMILES string of the molecule is C=C(/C(=C\C)NC(=S)N=Nc1c(N)[nH]c2ccccc12)S(N)(=O)=O. The average molecular weight is 364 g/mol. The second-order valence-corrected chi connectivity index (χ2v) is 6.70. The number of aromatic amines is 1. The highest BCUT2D eigenvalue weighted by Gasteiger charge is 2.15. The number of benzene rings is 1. The molecule has 0 saturated heterocycles. The van der Waals surface area contributed by atoms with Crippen LogP contribution in [0.3, 0.4) is 0 Å². The highest BCUT2D eigenvalue weighted by molar-refractivity contribution is 7.93. The Morgan fingerprint density at radius 1 is 1.42 bits per heavy atom. The van der Waals surface area contributed by atoms with Gasteiger partial charge in [0.15, 0.2) is 0 Å². The van der Waals surface area contributed by atoms with Crippen LogP contribution in [-0.4, -0.2) is 18.5 Å². The second-order valence-electron chi connectivity index (χ2n) is 4.73. The first-order valence-corrected chi connectivity index (χ1v) is 8.66. The molecule has 0 saturated carbocycles. The van der Waals surface area contributed by atoms with Crippen molar-refractivity contribution < 1.29 is 8.42 Å². The number of nitrogens with zero attached hydrogens (tertiary/aromatic N) is 2. The maximum absolute atomic E-state index is 11.3. The van der Waals surface area contributed by atoms with Crippen molar-refractivity contribution in [1.82, 2.24) is 10.3 Å². The van der Waals surface area contributed by atoms with Gasteiger partial charge in [-0.3, -0.25) is 0 Å². The van der Waals surface area contributed by atoms with Crippen LogP contribution in [0.4, 0.5) is 11.5 Å². The number of primary sulfonamides is 1. The van der Waals surface area contributed by atoms with Crippen LogP contribution in [0.5, 0.6) is 0 Å². The lowest BCUT2D eigenvalue weighted by Crippen LogP contribution is -2.25. The van der Waals surface area contributed by atoms with Crippen molar-refractivity contribution in [2.75, 3.05) is 5.73 Å². The van der Waals surface area contributed by atoms with Crippen LogP contribution in [-0.2, 0) is 10.0 Å². The van der Waals surface area contributed by atoms with Crippen LogP contribution in [0.15, 0.2) is 57.8 Å². The van der Waals surface area contributed by atoms with E-state index in [1.165, 1.54) is 6.08 Å². The fourth-order valence-electron chi connectivity index (χ4n) is 1.95. The zero-order chi connectivity index (χ0) is 17.9. The molecule has 0 atom stereocenters. The number of nitrogens with two attached hydrogens (primary N) is 2. The van der Waals surface area contributed by atoms with Crippen LogP contribution in [0.25, 0.3) is 10.9 Å². The number of fused-ring (bicyclic) bond motifs is 1. The van der Waals surface area contributed by atoms with Gasteiger partial charge in [-0.25, -0.2) is 13.6 Å². The van der Waals surface area contributed by atoms with Gasteiger partial charge in [-0.05, 0) is 25.2 Å². The summed E-state index contributed by atoms with van der Waals surface area (Å²) >= 11 is 5.04. The summed E-state index contributed by atoms with van der Waals surface area (Å²) in [5, 5.41) is 16.3. The summed E-state index contributed by atoms with van der Waals surface area (Å²) in [5.41, 5.74) is 7.28. The van der Waals surface area contributed by atoms with Crippen LogP contribution < -0.4 is 16.2 Å². The molecule has 1 aromatic heterocycles. The number of para-hydroxylation sites is 1. The molecule has 8 nitrogen and oxygen atoms in total. The Bertz CT molecular complexity index is 972. The summed E-state index contributed by atoms with van der Waals surface area (Å²) in [6, 6.07) is 7.41. The Morgan fingerprint density at radius 2 is 2.08 bits per heavy atom. The smallest absolute Gasteiger partial charge is 0.239 e. The molecule has 1 heterocycles. The highest BCUT2D eigenvalue weighted by atomic mass is 32.2. The molecule has 0 spiro atoms. The van der Waals surface area contributed by atoms with E-state index in [2.05, 4.69) is 27.1 Å². The van der Waals surface area contributed by atoms with Gasteiger partial charge in [0.05, 0.1) is 10.6 Å². The lowest BCUT2D eigenvalue weighted by atomic mass is 10.2. The van der Waals surface area contributed by atoms with E-state index in [-0.39, 0.29) is 15.7 Å². The molecular weight excluding hydrogens is 348 g/mol. The number of H-pyrrole nitrogens is 1. The number of allylic oxidation sites excluding steroid dienone is 1. The molecule has 126 valence electrons. The Morgan fingerprint density at radius 3 is 2.71 bits per heavy atom. The van der Waals surface area contributed by atoms with E-state index in [1.54, 1.807) is 6.92 Å². The zero-order valence-electron chi connectivity index (χ0n) is 12.8. The maximum Gasteiger partial charge on any atom is 0.239 e. The van der Waals surface area contributed by atoms with E-state index in [4.69, 9.17) is 23.1 Å². The van der Waals surface area contributed by atoms with E-state index in [0.717, 1.165) is 10.9 Å². The number of hydrogen-bond acceptors (Lipinski definition) is 5. The molecule has 0 radical (unpaired) electrons. The van der Waals surface area contributed by atoms with Crippen molar-refractivity contribution >= 4 is 49.8 Å². The van der Waals surface area contributed by atoms with Gasteiger partial charge in [-0.15, -0.1) is 10.2 Å². The third-order valence-electron chi connectivity index (χ3n) is 3.12. The summed E-state index contributed by atoms with van der Waals surface area (Å²) in [4.78, 5) is 2.68. The van der Waals surface area contributed by atoms with Crippen LogP contribution in [0, 0.1) is 0 Å². The third-order valence-corrected chi connectivity index (χ3v) is 4.21. The van der Waals surface area contributed by atoms with E-state index in [0.29, 0.717) is 11.5 Å². The van der Waals surface area contributed by atoms with E-state index < -0.39 is 10.0 Å².